The molecule has 0 aromatic rings. The average molecular weight is 763 g/mol. The molecule has 0 aliphatic heterocycles. The summed E-state index contributed by atoms with van der Waals surface area (Å²) in [6.45, 7) is 13.1. The van der Waals surface area contributed by atoms with Gasteiger partial charge >= 0.3 is 11.9 Å². The summed E-state index contributed by atoms with van der Waals surface area (Å²) < 4.78 is 11.0. The highest BCUT2D eigenvalue weighted by Gasteiger charge is 2.16. The fraction of sp³-hybridized carbons (Fsp3) is 0.960. The number of carbonyl (C=O) groups is 2. The second-order valence-corrected chi connectivity index (χ2v) is 17.8. The van der Waals surface area contributed by atoms with Crippen LogP contribution in [0.15, 0.2) is 0 Å². The van der Waals surface area contributed by atoms with E-state index in [-0.39, 0.29) is 11.9 Å². The van der Waals surface area contributed by atoms with Gasteiger partial charge in [0.2, 0.25) is 0 Å². The zero-order valence-corrected chi connectivity index (χ0v) is 37.6. The molecule has 0 heterocycles. The maximum atomic E-state index is 12.1. The van der Waals surface area contributed by atoms with Crippen molar-refractivity contribution in [1.29, 1.82) is 0 Å². The van der Waals surface area contributed by atoms with Gasteiger partial charge in [0.25, 0.3) is 0 Å². The van der Waals surface area contributed by atoms with Gasteiger partial charge in [0.1, 0.15) is 0 Å². The zero-order chi connectivity index (χ0) is 39.6. The first kappa shape index (κ1) is 52.9. The molecule has 0 aromatic heterocycles. The Hall–Kier alpha value is -1.06. The lowest BCUT2D eigenvalue weighted by atomic mass is 9.82. The Labute approximate surface area is 339 Å². The van der Waals surface area contributed by atoms with Crippen LogP contribution in [0.1, 0.15) is 279 Å². The van der Waals surface area contributed by atoms with Crippen LogP contribution in [0, 0.1) is 17.8 Å². The lowest BCUT2D eigenvalue weighted by molar-refractivity contribution is -0.144. The smallest absolute Gasteiger partial charge is 0.305 e. The Bertz CT molecular complexity index is 764. The van der Waals surface area contributed by atoms with E-state index in [1.165, 1.54) is 205 Å². The molecule has 0 aliphatic carbocycles. The first-order valence-electron chi connectivity index (χ1n) is 24.7. The van der Waals surface area contributed by atoms with Crippen molar-refractivity contribution in [3.8, 4) is 0 Å². The van der Waals surface area contributed by atoms with Gasteiger partial charge in [-0.25, -0.2) is 0 Å². The van der Waals surface area contributed by atoms with Crippen LogP contribution in [-0.2, 0) is 19.1 Å². The fourth-order valence-corrected chi connectivity index (χ4v) is 8.08. The molecule has 0 amide bonds. The quantitative estimate of drug-likeness (QED) is 0.0458. The Kier molecular flexibility index (Phi) is 42.2. The third kappa shape index (κ3) is 40.6. The third-order valence-corrected chi connectivity index (χ3v) is 12.0. The van der Waals surface area contributed by atoms with E-state index < -0.39 is 0 Å². The van der Waals surface area contributed by atoms with E-state index in [0.717, 1.165) is 43.4 Å². The van der Waals surface area contributed by atoms with Crippen LogP contribution in [0.4, 0.5) is 0 Å². The van der Waals surface area contributed by atoms with Crippen LogP contribution in [-0.4, -0.2) is 25.2 Å². The van der Waals surface area contributed by atoms with Crippen LogP contribution in [0.5, 0.6) is 0 Å². The van der Waals surface area contributed by atoms with Gasteiger partial charge in [0.15, 0.2) is 0 Å². The van der Waals surface area contributed by atoms with Crippen molar-refractivity contribution in [2.45, 2.75) is 279 Å². The number of rotatable bonds is 44. The third-order valence-electron chi connectivity index (χ3n) is 12.0. The van der Waals surface area contributed by atoms with E-state index in [4.69, 9.17) is 9.47 Å². The van der Waals surface area contributed by atoms with Gasteiger partial charge in [-0.3, -0.25) is 9.59 Å². The number of unbranched alkanes of at least 4 members (excludes halogenated alkanes) is 29. The number of hydrogen-bond acceptors (Lipinski definition) is 4. The van der Waals surface area contributed by atoms with E-state index in [9.17, 15) is 9.59 Å². The molecule has 0 saturated carbocycles. The summed E-state index contributed by atoms with van der Waals surface area (Å²) in [6.07, 6.45) is 47.7. The highest BCUT2D eigenvalue weighted by atomic mass is 16.5. The largest absolute Gasteiger partial charge is 0.466 e. The second kappa shape index (κ2) is 43.1. The Morgan fingerprint density at radius 1 is 0.370 bits per heavy atom. The van der Waals surface area contributed by atoms with Crippen LogP contribution in [0.3, 0.4) is 0 Å². The number of ether oxygens (including phenoxy) is 2. The first-order chi connectivity index (χ1) is 26.4. The summed E-state index contributed by atoms with van der Waals surface area (Å²) in [7, 11) is 0. The molecule has 54 heavy (non-hydrogen) atoms. The summed E-state index contributed by atoms with van der Waals surface area (Å²) in [6, 6.07) is 0. The van der Waals surface area contributed by atoms with Gasteiger partial charge in [-0.1, -0.05) is 234 Å². The summed E-state index contributed by atoms with van der Waals surface area (Å²) in [5.74, 6) is 2.45. The Morgan fingerprint density at radius 3 is 1.02 bits per heavy atom. The number of carbonyl (C=O) groups excluding carboxylic acids is 2. The summed E-state index contributed by atoms with van der Waals surface area (Å²) in [5.41, 5.74) is 0. The molecule has 0 rings (SSSR count). The molecule has 0 aromatic carbocycles. The van der Waals surface area contributed by atoms with Gasteiger partial charge in [0.05, 0.1) is 13.2 Å². The summed E-state index contributed by atoms with van der Waals surface area (Å²) in [4.78, 5) is 24.1. The van der Waals surface area contributed by atoms with Crippen LogP contribution in [0.25, 0.3) is 0 Å². The fourth-order valence-electron chi connectivity index (χ4n) is 8.08. The molecule has 0 spiro atoms. The van der Waals surface area contributed by atoms with Crippen LogP contribution >= 0.6 is 0 Å². The summed E-state index contributed by atoms with van der Waals surface area (Å²) >= 11 is 0. The highest BCUT2D eigenvalue weighted by Crippen LogP contribution is 2.29. The van der Waals surface area contributed by atoms with Gasteiger partial charge in [-0.05, 0) is 49.9 Å². The molecule has 0 radical (unpaired) electrons. The van der Waals surface area contributed by atoms with Crippen molar-refractivity contribution >= 4 is 11.9 Å². The van der Waals surface area contributed by atoms with E-state index in [1.54, 1.807) is 0 Å². The van der Waals surface area contributed by atoms with Crippen LogP contribution < -0.4 is 0 Å². The normalized spacial score (nSPS) is 12.7. The molecule has 4 nitrogen and oxygen atoms in total. The molecular formula is C50H98O4. The second-order valence-electron chi connectivity index (χ2n) is 17.8. The predicted octanol–water partition coefficient (Wildman–Crippen LogP) is 16.8. The average Bonchev–Trinajstić information content (AvgIpc) is 3.15. The van der Waals surface area contributed by atoms with Crippen molar-refractivity contribution in [2.24, 2.45) is 17.8 Å². The SMILES string of the molecule is CCCCCCCCCCCCCC(=O)OCCCCCCCCC(C)CC(CCCCCCCOC(=O)CCCCCCCCCCCCC)C(C)C. The molecule has 0 saturated heterocycles. The van der Waals surface area contributed by atoms with Gasteiger partial charge in [0, 0.05) is 12.8 Å². The molecule has 2 atom stereocenters. The molecule has 0 fully saturated rings. The summed E-state index contributed by atoms with van der Waals surface area (Å²) in [5, 5.41) is 0. The van der Waals surface area contributed by atoms with E-state index in [0.29, 0.717) is 26.1 Å². The minimum absolute atomic E-state index is 0.0130. The molecule has 0 N–H and O–H groups in total. The number of hydrogen-bond donors (Lipinski definition) is 0. The maximum Gasteiger partial charge on any atom is 0.305 e. The molecule has 2 unspecified atom stereocenters. The van der Waals surface area contributed by atoms with Gasteiger partial charge in [-0.15, -0.1) is 0 Å². The van der Waals surface area contributed by atoms with E-state index in [1.807, 2.05) is 0 Å². The highest BCUT2D eigenvalue weighted by molar-refractivity contribution is 5.69. The minimum atomic E-state index is 0.0130. The van der Waals surface area contributed by atoms with Crippen molar-refractivity contribution in [3.05, 3.63) is 0 Å². The monoisotopic (exact) mass is 763 g/mol. The zero-order valence-electron chi connectivity index (χ0n) is 37.6. The van der Waals surface area contributed by atoms with E-state index in [2.05, 4.69) is 34.6 Å². The van der Waals surface area contributed by atoms with Gasteiger partial charge in [-0.2, -0.15) is 0 Å². The molecule has 0 bridgehead atoms. The maximum absolute atomic E-state index is 12.1. The molecular weight excluding hydrogens is 665 g/mol. The minimum Gasteiger partial charge on any atom is -0.466 e. The van der Waals surface area contributed by atoms with E-state index >= 15 is 0 Å². The topological polar surface area (TPSA) is 52.6 Å². The standard InChI is InChI=1S/C50H98O4/c1-6-8-10-12-14-16-18-20-22-29-35-41-49(51)53-43-37-31-25-24-27-33-39-47(5)45-48(46(3)4)40-34-28-26-32-38-44-54-50(52)42-36-30-23-21-19-17-15-13-11-9-7-2/h46-48H,6-45H2,1-5H3. The lowest BCUT2D eigenvalue weighted by Gasteiger charge is -2.24. The molecule has 4 heteroatoms. The van der Waals surface area contributed by atoms with Crippen molar-refractivity contribution < 1.29 is 19.1 Å². The molecule has 322 valence electrons. The van der Waals surface area contributed by atoms with Crippen molar-refractivity contribution in [2.75, 3.05) is 13.2 Å². The lowest BCUT2D eigenvalue weighted by Crippen LogP contribution is -2.13. The Morgan fingerprint density at radius 2 is 0.667 bits per heavy atom. The van der Waals surface area contributed by atoms with Gasteiger partial charge < -0.3 is 9.47 Å². The van der Waals surface area contributed by atoms with Crippen molar-refractivity contribution in [3.63, 3.8) is 0 Å². The van der Waals surface area contributed by atoms with Crippen molar-refractivity contribution in [1.82, 2.24) is 0 Å². The molecule has 0 aliphatic rings. The Balaban J connectivity index is 3.58. The first-order valence-corrected chi connectivity index (χ1v) is 24.7. The van der Waals surface area contributed by atoms with Crippen LogP contribution in [0.2, 0.25) is 0 Å². The number of esters is 2. The predicted molar refractivity (Wildman–Crippen MR) is 236 cm³/mol.